The molecule has 0 amide bonds. The fraction of sp³-hybridized carbons (Fsp3) is 0.600. The van der Waals surface area contributed by atoms with Crippen LogP contribution >= 0.6 is 0 Å². The highest BCUT2D eigenvalue weighted by atomic mass is 16.3. The van der Waals surface area contributed by atoms with Crippen LogP contribution in [0.3, 0.4) is 0 Å². The van der Waals surface area contributed by atoms with E-state index in [9.17, 15) is 5.11 Å². The zero-order valence-electron chi connectivity index (χ0n) is 11.7. The topological polar surface area (TPSA) is 23.5 Å². The molecular weight excluding hydrogens is 210 g/mol. The molecule has 0 saturated heterocycles. The monoisotopic (exact) mass is 235 g/mol. The number of aliphatic hydroxyl groups excluding tert-OH is 1. The minimum atomic E-state index is -0.411. The van der Waals surface area contributed by atoms with Crippen LogP contribution in [0.1, 0.15) is 44.4 Å². The quantitative estimate of drug-likeness (QED) is 0.847. The molecule has 0 aliphatic rings. The Kier molecular flexibility index (Phi) is 4.72. The third-order valence-electron chi connectivity index (χ3n) is 3.81. The zero-order valence-corrected chi connectivity index (χ0v) is 11.7. The van der Waals surface area contributed by atoms with Gasteiger partial charge in [0.1, 0.15) is 0 Å². The highest BCUT2D eigenvalue weighted by molar-refractivity contribution is 5.23. The summed E-state index contributed by atoms with van der Waals surface area (Å²) in [4.78, 5) is 2.22. The molecule has 1 N–H and O–H groups in total. The van der Waals surface area contributed by atoms with E-state index in [0.717, 1.165) is 12.0 Å². The second-order valence-electron chi connectivity index (χ2n) is 5.47. The van der Waals surface area contributed by atoms with Gasteiger partial charge in [0.25, 0.3) is 0 Å². The number of hydrogen-bond acceptors (Lipinski definition) is 2. The molecule has 1 rings (SSSR count). The number of hydrogen-bond donors (Lipinski definition) is 1. The van der Waals surface area contributed by atoms with Gasteiger partial charge in [-0.3, -0.25) is 4.90 Å². The van der Waals surface area contributed by atoms with Gasteiger partial charge in [-0.1, -0.05) is 36.8 Å². The summed E-state index contributed by atoms with van der Waals surface area (Å²) in [6.07, 6.45) is 0.663. The van der Waals surface area contributed by atoms with Crippen LogP contribution in [0.4, 0.5) is 0 Å². The first-order chi connectivity index (χ1) is 7.86. The smallest absolute Gasteiger partial charge is 0.0917 e. The Balaban J connectivity index is 2.66. The Bertz CT molecular complexity index is 342. The molecule has 1 unspecified atom stereocenters. The molecule has 0 saturated carbocycles. The molecule has 0 heterocycles. The van der Waals surface area contributed by atoms with Crippen LogP contribution in [0.15, 0.2) is 24.3 Å². The lowest BCUT2D eigenvalue weighted by molar-refractivity contribution is 0.0686. The number of aryl methyl sites for hydroxylation is 1. The summed E-state index contributed by atoms with van der Waals surface area (Å²) < 4.78 is 0. The van der Waals surface area contributed by atoms with Gasteiger partial charge < -0.3 is 5.11 Å². The van der Waals surface area contributed by atoms with E-state index in [-0.39, 0.29) is 5.54 Å². The number of nitrogens with zero attached hydrogens (tertiary/aromatic N) is 1. The summed E-state index contributed by atoms with van der Waals surface area (Å²) in [5, 5.41) is 10.2. The Hall–Kier alpha value is -0.860. The summed E-state index contributed by atoms with van der Waals surface area (Å²) in [6, 6.07) is 8.10. The molecule has 0 fully saturated rings. The number of benzene rings is 1. The molecule has 0 aliphatic carbocycles. The minimum absolute atomic E-state index is 0.131. The Labute approximate surface area is 105 Å². The first-order valence-corrected chi connectivity index (χ1v) is 6.32. The molecule has 1 atom stereocenters. The molecule has 96 valence electrons. The summed E-state index contributed by atoms with van der Waals surface area (Å²) in [7, 11) is 2.07. The standard InChI is InChI=1S/C15H25NO/c1-6-15(3,4)16(5)11-14(17)13-9-7-12(2)8-10-13/h7-10,14,17H,6,11H2,1-5H3. The first kappa shape index (κ1) is 14.2. The van der Waals surface area contributed by atoms with Crippen molar-refractivity contribution >= 4 is 0 Å². The molecule has 0 bridgehead atoms. The maximum absolute atomic E-state index is 10.2. The van der Waals surface area contributed by atoms with Crippen molar-refractivity contribution in [3.63, 3.8) is 0 Å². The normalized spacial score (nSPS) is 14.1. The van der Waals surface area contributed by atoms with Crippen LogP contribution in [0.25, 0.3) is 0 Å². The van der Waals surface area contributed by atoms with Gasteiger partial charge in [-0.2, -0.15) is 0 Å². The summed E-state index contributed by atoms with van der Waals surface area (Å²) in [5.74, 6) is 0. The Morgan fingerprint density at radius 1 is 1.24 bits per heavy atom. The van der Waals surface area contributed by atoms with Gasteiger partial charge in [0, 0.05) is 12.1 Å². The molecule has 2 nitrogen and oxygen atoms in total. The van der Waals surface area contributed by atoms with E-state index in [0.29, 0.717) is 6.54 Å². The molecule has 1 aromatic carbocycles. The predicted molar refractivity (Wildman–Crippen MR) is 73.1 cm³/mol. The number of likely N-dealkylation sites (N-methyl/N-ethyl adjacent to an activating group) is 1. The van der Waals surface area contributed by atoms with Gasteiger partial charge in [0.2, 0.25) is 0 Å². The molecule has 2 heteroatoms. The maximum Gasteiger partial charge on any atom is 0.0917 e. The van der Waals surface area contributed by atoms with Crippen LogP contribution in [-0.4, -0.2) is 29.1 Å². The van der Waals surface area contributed by atoms with Crippen molar-refractivity contribution in [3.05, 3.63) is 35.4 Å². The van der Waals surface area contributed by atoms with Crippen molar-refractivity contribution in [1.82, 2.24) is 4.90 Å². The van der Waals surface area contributed by atoms with Crippen LogP contribution < -0.4 is 0 Å². The molecular formula is C15H25NO. The van der Waals surface area contributed by atoms with E-state index >= 15 is 0 Å². The molecule has 0 aromatic heterocycles. The van der Waals surface area contributed by atoms with E-state index < -0.39 is 6.10 Å². The molecule has 0 spiro atoms. The fourth-order valence-electron chi connectivity index (χ4n) is 1.67. The van der Waals surface area contributed by atoms with Gasteiger partial charge in [-0.05, 0) is 39.8 Å². The molecule has 17 heavy (non-hydrogen) atoms. The molecule has 0 radical (unpaired) electrons. The highest BCUT2D eigenvalue weighted by Crippen LogP contribution is 2.21. The van der Waals surface area contributed by atoms with E-state index in [4.69, 9.17) is 0 Å². The van der Waals surface area contributed by atoms with Crippen LogP contribution in [0, 0.1) is 6.92 Å². The second kappa shape index (κ2) is 5.65. The van der Waals surface area contributed by atoms with Crippen molar-refractivity contribution in [2.75, 3.05) is 13.6 Å². The molecule has 1 aromatic rings. The van der Waals surface area contributed by atoms with Crippen LogP contribution in [0.2, 0.25) is 0 Å². The summed E-state index contributed by atoms with van der Waals surface area (Å²) in [6.45, 7) is 9.31. The van der Waals surface area contributed by atoms with E-state index in [2.05, 4.69) is 39.6 Å². The van der Waals surface area contributed by atoms with Crippen LogP contribution in [0.5, 0.6) is 0 Å². The third-order valence-corrected chi connectivity index (χ3v) is 3.81. The van der Waals surface area contributed by atoms with Crippen molar-refractivity contribution in [3.8, 4) is 0 Å². The Morgan fingerprint density at radius 2 is 1.76 bits per heavy atom. The summed E-state index contributed by atoms with van der Waals surface area (Å²) in [5.41, 5.74) is 2.35. The van der Waals surface area contributed by atoms with Gasteiger partial charge in [0.15, 0.2) is 0 Å². The van der Waals surface area contributed by atoms with Crippen molar-refractivity contribution in [2.24, 2.45) is 0 Å². The van der Waals surface area contributed by atoms with Crippen LogP contribution in [-0.2, 0) is 0 Å². The summed E-state index contributed by atoms with van der Waals surface area (Å²) >= 11 is 0. The second-order valence-corrected chi connectivity index (χ2v) is 5.47. The van der Waals surface area contributed by atoms with Crippen molar-refractivity contribution in [2.45, 2.75) is 45.8 Å². The lowest BCUT2D eigenvalue weighted by atomic mass is 9.98. The average molecular weight is 235 g/mol. The average Bonchev–Trinajstić information content (AvgIpc) is 2.29. The number of rotatable bonds is 5. The lowest BCUT2D eigenvalue weighted by Crippen LogP contribution is -2.42. The number of aliphatic hydroxyl groups is 1. The van der Waals surface area contributed by atoms with Gasteiger partial charge in [-0.25, -0.2) is 0 Å². The maximum atomic E-state index is 10.2. The first-order valence-electron chi connectivity index (χ1n) is 6.32. The van der Waals surface area contributed by atoms with Crippen molar-refractivity contribution < 1.29 is 5.11 Å². The fourth-order valence-corrected chi connectivity index (χ4v) is 1.67. The zero-order chi connectivity index (χ0) is 13.1. The van der Waals surface area contributed by atoms with E-state index in [1.54, 1.807) is 0 Å². The largest absolute Gasteiger partial charge is 0.387 e. The minimum Gasteiger partial charge on any atom is -0.387 e. The van der Waals surface area contributed by atoms with Gasteiger partial charge in [0.05, 0.1) is 6.10 Å². The van der Waals surface area contributed by atoms with E-state index in [1.165, 1.54) is 5.56 Å². The van der Waals surface area contributed by atoms with Gasteiger partial charge in [-0.15, -0.1) is 0 Å². The molecule has 0 aliphatic heterocycles. The van der Waals surface area contributed by atoms with Crippen molar-refractivity contribution in [1.29, 1.82) is 0 Å². The van der Waals surface area contributed by atoms with Gasteiger partial charge >= 0.3 is 0 Å². The highest BCUT2D eigenvalue weighted by Gasteiger charge is 2.23. The predicted octanol–water partition coefficient (Wildman–Crippen LogP) is 3.15. The Morgan fingerprint density at radius 3 is 2.24 bits per heavy atom. The number of β-amino-alcohol motifs (C(OH)–C–C–N with tert-alkyl or cyclic N) is 1. The SMILES string of the molecule is CCC(C)(C)N(C)CC(O)c1ccc(C)cc1. The van der Waals surface area contributed by atoms with E-state index in [1.807, 2.05) is 24.3 Å². The third kappa shape index (κ3) is 3.83. The lowest BCUT2D eigenvalue weighted by Gasteiger charge is -2.36.